The standard InChI is InChI=1S/C16H12N2O4/c19-14-12-7-3-4-8-13(12)18(16(22)17-14)9-10-5-1-2-6-11(10)15(20)21/h1-8H,9H2,(H,20,21)(H,17,19,22). The molecule has 0 bridgehead atoms. The Morgan fingerprint density at radius 1 is 1.05 bits per heavy atom. The summed E-state index contributed by atoms with van der Waals surface area (Å²) in [5, 5.41) is 9.61. The molecule has 0 saturated heterocycles. The molecular weight excluding hydrogens is 284 g/mol. The van der Waals surface area contributed by atoms with Crippen LogP contribution in [0.4, 0.5) is 0 Å². The third kappa shape index (κ3) is 2.31. The van der Waals surface area contributed by atoms with Crippen molar-refractivity contribution in [3.63, 3.8) is 0 Å². The second kappa shape index (κ2) is 5.33. The molecule has 1 heterocycles. The van der Waals surface area contributed by atoms with Crippen molar-refractivity contribution in [3.8, 4) is 0 Å². The van der Waals surface area contributed by atoms with Gasteiger partial charge in [0.15, 0.2) is 0 Å². The number of carboxylic acids is 1. The summed E-state index contributed by atoms with van der Waals surface area (Å²) in [6.45, 7) is 0.0681. The van der Waals surface area contributed by atoms with E-state index in [4.69, 9.17) is 0 Å². The molecule has 6 nitrogen and oxygen atoms in total. The second-order valence-corrected chi connectivity index (χ2v) is 4.82. The summed E-state index contributed by atoms with van der Waals surface area (Å²) in [5.74, 6) is -1.06. The Labute approximate surface area is 124 Å². The van der Waals surface area contributed by atoms with Gasteiger partial charge in [0.25, 0.3) is 5.56 Å². The molecule has 1 aromatic heterocycles. The SMILES string of the molecule is O=C(O)c1ccccc1Cn1c(=O)[nH]c(=O)c2ccccc21. The third-order valence-electron chi connectivity index (χ3n) is 3.48. The van der Waals surface area contributed by atoms with Crippen molar-refractivity contribution in [1.29, 1.82) is 0 Å². The molecule has 3 rings (SSSR count). The van der Waals surface area contributed by atoms with Crippen molar-refractivity contribution in [2.24, 2.45) is 0 Å². The van der Waals surface area contributed by atoms with Crippen LogP contribution in [-0.2, 0) is 6.54 Å². The fraction of sp³-hybridized carbons (Fsp3) is 0.0625. The van der Waals surface area contributed by atoms with E-state index in [9.17, 15) is 19.5 Å². The maximum Gasteiger partial charge on any atom is 0.336 e. The summed E-state index contributed by atoms with van der Waals surface area (Å²) >= 11 is 0. The zero-order valence-electron chi connectivity index (χ0n) is 11.4. The summed E-state index contributed by atoms with van der Waals surface area (Å²) in [5.41, 5.74) is 0.0719. The van der Waals surface area contributed by atoms with Crippen LogP contribution in [0.3, 0.4) is 0 Å². The lowest BCUT2D eigenvalue weighted by Gasteiger charge is -2.11. The summed E-state index contributed by atoms with van der Waals surface area (Å²) < 4.78 is 1.36. The number of fused-ring (bicyclic) bond motifs is 1. The van der Waals surface area contributed by atoms with Crippen molar-refractivity contribution in [2.45, 2.75) is 6.54 Å². The van der Waals surface area contributed by atoms with Crippen LogP contribution in [0.15, 0.2) is 58.1 Å². The normalized spacial score (nSPS) is 10.7. The lowest BCUT2D eigenvalue weighted by molar-refractivity contribution is 0.0695. The lowest BCUT2D eigenvalue weighted by atomic mass is 10.1. The minimum Gasteiger partial charge on any atom is -0.478 e. The van der Waals surface area contributed by atoms with Gasteiger partial charge < -0.3 is 5.11 Å². The predicted molar refractivity (Wildman–Crippen MR) is 81.3 cm³/mol. The fourth-order valence-electron chi connectivity index (χ4n) is 2.44. The summed E-state index contributed by atoms with van der Waals surface area (Å²) in [4.78, 5) is 37.4. The van der Waals surface area contributed by atoms with Crippen molar-refractivity contribution in [2.75, 3.05) is 0 Å². The first-order chi connectivity index (χ1) is 10.6. The van der Waals surface area contributed by atoms with Crippen molar-refractivity contribution >= 4 is 16.9 Å². The molecule has 0 saturated carbocycles. The van der Waals surface area contributed by atoms with Crippen LogP contribution in [0.25, 0.3) is 10.9 Å². The molecule has 6 heteroatoms. The zero-order chi connectivity index (χ0) is 15.7. The molecule has 22 heavy (non-hydrogen) atoms. The van der Waals surface area contributed by atoms with Crippen molar-refractivity contribution < 1.29 is 9.90 Å². The Balaban J connectivity index is 2.23. The van der Waals surface area contributed by atoms with E-state index in [0.717, 1.165) is 0 Å². The van der Waals surface area contributed by atoms with Gasteiger partial charge in [-0.25, -0.2) is 9.59 Å². The molecule has 3 aromatic rings. The molecule has 0 radical (unpaired) electrons. The highest BCUT2D eigenvalue weighted by Gasteiger charge is 2.12. The van der Waals surface area contributed by atoms with Crippen LogP contribution in [0.1, 0.15) is 15.9 Å². The number of aromatic nitrogens is 2. The van der Waals surface area contributed by atoms with Gasteiger partial charge in [-0.3, -0.25) is 14.3 Å². The molecule has 0 aliphatic rings. The van der Waals surface area contributed by atoms with Crippen LogP contribution < -0.4 is 11.2 Å². The van der Waals surface area contributed by atoms with E-state index in [1.165, 1.54) is 10.6 Å². The number of benzene rings is 2. The number of para-hydroxylation sites is 1. The maximum absolute atomic E-state index is 12.1. The van der Waals surface area contributed by atoms with Crippen LogP contribution >= 0.6 is 0 Å². The maximum atomic E-state index is 12.1. The van der Waals surface area contributed by atoms with E-state index in [-0.39, 0.29) is 12.1 Å². The van der Waals surface area contributed by atoms with Gasteiger partial charge in [-0.1, -0.05) is 30.3 Å². The number of rotatable bonds is 3. The Bertz CT molecular complexity index is 985. The molecule has 2 aromatic carbocycles. The molecular formula is C16H12N2O4. The highest BCUT2D eigenvalue weighted by molar-refractivity contribution is 5.89. The van der Waals surface area contributed by atoms with Crippen LogP contribution in [0, 0.1) is 0 Å². The first-order valence-electron chi connectivity index (χ1n) is 6.61. The Morgan fingerprint density at radius 3 is 2.50 bits per heavy atom. The Hall–Kier alpha value is -3.15. The highest BCUT2D eigenvalue weighted by atomic mass is 16.4. The molecule has 0 unspecified atom stereocenters. The number of hydrogen-bond acceptors (Lipinski definition) is 3. The number of nitrogens with zero attached hydrogens (tertiary/aromatic N) is 1. The molecule has 0 fully saturated rings. The smallest absolute Gasteiger partial charge is 0.336 e. The average Bonchev–Trinajstić information content (AvgIpc) is 2.51. The molecule has 0 aliphatic heterocycles. The largest absolute Gasteiger partial charge is 0.478 e. The quantitative estimate of drug-likeness (QED) is 0.765. The minimum absolute atomic E-state index is 0.0681. The number of aromatic amines is 1. The Morgan fingerprint density at radius 2 is 1.73 bits per heavy atom. The minimum atomic E-state index is -1.06. The summed E-state index contributed by atoms with van der Waals surface area (Å²) in [7, 11) is 0. The van der Waals surface area contributed by atoms with Crippen molar-refractivity contribution in [1.82, 2.24) is 9.55 Å². The van der Waals surface area contributed by atoms with E-state index in [2.05, 4.69) is 4.98 Å². The number of H-pyrrole nitrogens is 1. The van der Waals surface area contributed by atoms with E-state index >= 15 is 0 Å². The number of nitrogens with one attached hydrogen (secondary N) is 1. The third-order valence-corrected chi connectivity index (χ3v) is 3.48. The molecule has 110 valence electrons. The molecule has 2 N–H and O–H groups in total. The number of carboxylic acid groups (broad SMARTS) is 1. The average molecular weight is 296 g/mol. The molecule has 0 spiro atoms. The van der Waals surface area contributed by atoms with E-state index in [1.807, 2.05) is 0 Å². The van der Waals surface area contributed by atoms with Gasteiger partial charge in [-0.05, 0) is 23.8 Å². The molecule has 0 amide bonds. The van der Waals surface area contributed by atoms with Gasteiger partial charge in [-0.15, -0.1) is 0 Å². The van der Waals surface area contributed by atoms with E-state index < -0.39 is 17.2 Å². The van der Waals surface area contributed by atoms with Gasteiger partial charge in [0.2, 0.25) is 0 Å². The summed E-state index contributed by atoms with van der Waals surface area (Å²) in [6, 6.07) is 13.2. The Kier molecular flexibility index (Phi) is 3.34. The van der Waals surface area contributed by atoms with Crippen LogP contribution in [0.5, 0.6) is 0 Å². The lowest BCUT2D eigenvalue weighted by Crippen LogP contribution is -2.31. The number of carbonyl (C=O) groups is 1. The molecule has 0 atom stereocenters. The van der Waals surface area contributed by atoms with Crippen LogP contribution in [0.2, 0.25) is 0 Å². The summed E-state index contributed by atoms with van der Waals surface area (Å²) in [6.07, 6.45) is 0. The van der Waals surface area contributed by atoms with Gasteiger partial charge in [-0.2, -0.15) is 0 Å². The topological polar surface area (TPSA) is 92.2 Å². The number of aromatic carboxylic acids is 1. The van der Waals surface area contributed by atoms with E-state index in [1.54, 1.807) is 42.5 Å². The fourth-order valence-corrected chi connectivity index (χ4v) is 2.44. The van der Waals surface area contributed by atoms with Crippen molar-refractivity contribution in [3.05, 3.63) is 80.5 Å². The van der Waals surface area contributed by atoms with Gasteiger partial charge in [0, 0.05) is 0 Å². The second-order valence-electron chi connectivity index (χ2n) is 4.82. The van der Waals surface area contributed by atoms with Gasteiger partial charge in [0.1, 0.15) is 0 Å². The predicted octanol–water partition coefficient (Wildman–Crippen LogP) is 1.44. The van der Waals surface area contributed by atoms with E-state index in [0.29, 0.717) is 16.5 Å². The highest BCUT2D eigenvalue weighted by Crippen LogP contribution is 2.13. The van der Waals surface area contributed by atoms with Gasteiger partial charge >= 0.3 is 11.7 Å². The first-order valence-corrected chi connectivity index (χ1v) is 6.61. The first kappa shape index (κ1) is 13.8. The van der Waals surface area contributed by atoms with Crippen LogP contribution in [-0.4, -0.2) is 20.6 Å². The molecule has 0 aliphatic carbocycles. The number of hydrogen-bond donors (Lipinski definition) is 2. The van der Waals surface area contributed by atoms with Gasteiger partial charge in [0.05, 0.1) is 23.0 Å². The zero-order valence-corrected chi connectivity index (χ0v) is 11.4. The monoisotopic (exact) mass is 296 g/mol.